The quantitative estimate of drug-likeness (QED) is 0.906. The molecule has 1 aromatic rings. The Balaban J connectivity index is 2.13. The Morgan fingerprint density at radius 3 is 2.77 bits per heavy atom. The number of hydrogen-bond donors (Lipinski definition) is 1. The third-order valence-electron chi connectivity index (χ3n) is 3.95. The van der Waals surface area contributed by atoms with Crippen molar-refractivity contribution in [1.29, 1.82) is 0 Å². The van der Waals surface area contributed by atoms with Gasteiger partial charge in [-0.05, 0) is 27.2 Å². The van der Waals surface area contributed by atoms with Crippen LogP contribution in [0, 0.1) is 0 Å². The average Bonchev–Trinajstić information content (AvgIpc) is 2.89. The molecular formula is C16H26N4O2. The highest BCUT2D eigenvalue weighted by molar-refractivity contribution is 5.92. The van der Waals surface area contributed by atoms with E-state index in [4.69, 9.17) is 0 Å². The normalized spacial score (nSPS) is 17.5. The largest absolute Gasteiger partial charge is 0.348 e. The number of rotatable bonds is 5. The lowest BCUT2D eigenvalue weighted by molar-refractivity contribution is -0.134. The molecule has 0 aromatic carbocycles. The fourth-order valence-corrected chi connectivity index (χ4v) is 2.75. The van der Waals surface area contributed by atoms with Crippen molar-refractivity contribution in [2.45, 2.75) is 65.6 Å². The predicted octanol–water partition coefficient (Wildman–Crippen LogP) is 2.11. The van der Waals surface area contributed by atoms with E-state index in [1.165, 1.54) is 0 Å². The summed E-state index contributed by atoms with van der Waals surface area (Å²) in [5, 5.41) is 2.85. The monoisotopic (exact) mass is 306 g/mol. The van der Waals surface area contributed by atoms with Crippen molar-refractivity contribution in [3.05, 3.63) is 17.7 Å². The van der Waals surface area contributed by atoms with Crippen LogP contribution >= 0.6 is 0 Å². The Labute approximate surface area is 131 Å². The lowest BCUT2D eigenvalue weighted by Crippen LogP contribution is -2.41. The van der Waals surface area contributed by atoms with Crippen LogP contribution in [0.4, 0.5) is 0 Å². The van der Waals surface area contributed by atoms with E-state index in [0.717, 1.165) is 18.7 Å². The molecule has 1 aromatic heterocycles. The van der Waals surface area contributed by atoms with E-state index in [-0.39, 0.29) is 23.9 Å². The van der Waals surface area contributed by atoms with E-state index in [9.17, 15) is 9.59 Å². The minimum absolute atomic E-state index is 0.0794. The summed E-state index contributed by atoms with van der Waals surface area (Å²) in [6.45, 7) is 9.28. The molecule has 2 rings (SSSR count). The zero-order chi connectivity index (χ0) is 16.3. The number of imidazole rings is 1. The number of amides is 2. The summed E-state index contributed by atoms with van der Waals surface area (Å²) in [5.74, 6) is 0.815. The minimum Gasteiger partial charge on any atom is -0.348 e. The van der Waals surface area contributed by atoms with Crippen LogP contribution in [0.15, 0.2) is 6.20 Å². The van der Waals surface area contributed by atoms with Crippen molar-refractivity contribution in [3.63, 3.8) is 0 Å². The second-order valence-electron chi connectivity index (χ2n) is 6.17. The molecule has 0 radical (unpaired) electrons. The summed E-state index contributed by atoms with van der Waals surface area (Å²) in [6, 6.07) is -0.00511. The van der Waals surface area contributed by atoms with Crippen molar-refractivity contribution < 1.29 is 9.59 Å². The van der Waals surface area contributed by atoms with Gasteiger partial charge in [0.15, 0.2) is 0 Å². The molecule has 0 unspecified atom stereocenters. The van der Waals surface area contributed by atoms with Crippen molar-refractivity contribution in [3.8, 4) is 0 Å². The summed E-state index contributed by atoms with van der Waals surface area (Å²) in [4.78, 5) is 30.7. The molecule has 1 aliphatic rings. The molecule has 0 aliphatic carbocycles. The topological polar surface area (TPSA) is 67.2 Å². The molecule has 6 heteroatoms. The number of fused-ring (bicyclic) bond motifs is 1. The van der Waals surface area contributed by atoms with Crippen molar-refractivity contribution in [1.82, 2.24) is 19.8 Å². The highest BCUT2D eigenvalue weighted by atomic mass is 16.2. The zero-order valence-corrected chi connectivity index (χ0v) is 13.9. The molecule has 122 valence electrons. The van der Waals surface area contributed by atoms with Gasteiger partial charge in [0.05, 0.1) is 6.04 Å². The summed E-state index contributed by atoms with van der Waals surface area (Å²) in [5.41, 5.74) is 0.429. The Morgan fingerprint density at radius 1 is 1.41 bits per heavy atom. The SMILES string of the molecule is CCCCC(=O)N1CCn2cc(C(=O)NC(C)C)nc2[C@@H]1C. The van der Waals surface area contributed by atoms with E-state index < -0.39 is 0 Å². The predicted molar refractivity (Wildman–Crippen MR) is 84.5 cm³/mol. The first-order chi connectivity index (χ1) is 10.4. The zero-order valence-electron chi connectivity index (χ0n) is 13.9. The molecule has 2 amide bonds. The molecule has 0 saturated carbocycles. The fraction of sp³-hybridized carbons (Fsp3) is 0.688. The summed E-state index contributed by atoms with van der Waals surface area (Å²) < 4.78 is 1.99. The Bertz CT molecular complexity index is 550. The second-order valence-corrected chi connectivity index (χ2v) is 6.17. The van der Waals surface area contributed by atoms with Gasteiger partial charge in [0.1, 0.15) is 11.5 Å². The van der Waals surface area contributed by atoms with Gasteiger partial charge >= 0.3 is 0 Å². The van der Waals surface area contributed by atoms with Crippen LogP contribution in [0.5, 0.6) is 0 Å². The molecule has 0 saturated heterocycles. The van der Waals surface area contributed by atoms with Crippen LogP contribution in [0.2, 0.25) is 0 Å². The maximum absolute atomic E-state index is 12.3. The first-order valence-electron chi connectivity index (χ1n) is 8.11. The lowest BCUT2D eigenvalue weighted by atomic mass is 10.1. The molecule has 0 fully saturated rings. The Hall–Kier alpha value is -1.85. The number of unbranched alkanes of at least 4 members (excludes halogenated alkanes) is 1. The van der Waals surface area contributed by atoms with E-state index in [2.05, 4.69) is 17.2 Å². The molecular weight excluding hydrogens is 280 g/mol. The van der Waals surface area contributed by atoms with Gasteiger partial charge < -0.3 is 14.8 Å². The Morgan fingerprint density at radius 2 is 2.14 bits per heavy atom. The average molecular weight is 306 g/mol. The van der Waals surface area contributed by atoms with Crippen LogP contribution in [-0.4, -0.2) is 38.9 Å². The fourth-order valence-electron chi connectivity index (χ4n) is 2.75. The smallest absolute Gasteiger partial charge is 0.271 e. The number of nitrogens with zero attached hydrogens (tertiary/aromatic N) is 3. The number of aromatic nitrogens is 2. The summed E-state index contributed by atoms with van der Waals surface area (Å²) in [7, 11) is 0. The van der Waals surface area contributed by atoms with Crippen LogP contribution in [0.25, 0.3) is 0 Å². The van der Waals surface area contributed by atoms with Gasteiger partial charge in [-0.25, -0.2) is 4.98 Å². The summed E-state index contributed by atoms with van der Waals surface area (Å²) in [6.07, 6.45) is 4.31. The number of carbonyl (C=O) groups is 2. The third kappa shape index (κ3) is 3.48. The molecule has 1 aliphatic heterocycles. The van der Waals surface area contributed by atoms with Gasteiger partial charge in [0.2, 0.25) is 5.91 Å². The van der Waals surface area contributed by atoms with Crippen LogP contribution in [0.3, 0.4) is 0 Å². The van der Waals surface area contributed by atoms with Crippen molar-refractivity contribution >= 4 is 11.8 Å². The van der Waals surface area contributed by atoms with Crippen LogP contribution in [-0.2, 0) is 11.3 Å². The molecule has 1 atom stereocenters. The maximum Gasteiger partial charge on any atom is 0.271 e. The van der Waals surface area contributed by atoms with Gasteiger partial charge in [-0.2, -0.15) is 0 Å². The number of nitrogens with one attached hydrogen (secondary N) is 1. The van der Waals surface area contributed by atoms with Gasteiger partial charge in [-0.1, -0.05) is 13.3 Å². The standard InChI is InChI=1S/C16H26N4O2/c1-5-6-7-14(21)20-9-8-19-10-13(16(22)17-11(2)3)18-15(19)12(20)4/h10-12H,5-9H2,1-4H3,(H,17,22)/t12-/m0/s1. The third-order valence-corrected chi connectivity index (χ3v) is 3.95. The van der Waals surface area contributed by atoms with Gasteiger partial charge in [0.25, 0.3) is 5.91 Å². The van der Waals surface area contributed by atoms with Gasteiger partial charge in [-0.3, -0.25) is 9.59 Å². The summed E-state index contributed by atoms with van der Waals surface area (Å²) >= 11 is 0. The van der Waals surface area contributed by atoms with Crippen molar-refractivity contribution in [2.24, 2.45) is 0 Å². The minimum atomic E-state index is -0.159. The van der Waals surface area contributed by atoms with E-state index >= 15 is 0 Å². The highest BCUT2D eigenvalue weighted by Crippen LogP contribution is 2.25. The maximum atomic E-state index is 12.3. The van der Waals surface area contributed by atoms with Crippen molar-refractivity contribution in [2.75, 3.05) is 6.54 Å². The van der Waals surface area contributed by atoms with E-state index in [0.29, 0.717) is 25.2 Å². The first-order valence-corrected chi connectivity index (χ1v) is 8.11. The molecule has 2 heterocycles. The first kappa shape index (κ1) is 16.5. The van der Waals surface area contributed by atoms with E-state index in [1.807, 2.05) is 30.2 Å². The molecule has 0 bridgehead atoms. The van der Waals surface area contributed by atoms with Gasteiger partial charge in [-0.15, -0.1) is 0 Å². The van der Waals surface area contributed by atoms with Crippen LogP contribution < -0.4 is 5.32 Å². The number of carbonyl (C=O) groups excluding carboxylic acids is 2. The lowest BCUT2D eigenvalue weighted by Gasteiger charge is -2.33. The van der Waals surface area contributed by atoms with E-state index in [1.54, 1.807) is 6.20 Å². The number of hydrogen-bond acceptors (Lipinski definition) is 3. The molecule has 6 nitrogen and oxygen atoms in total. The highest BCUT2D eigenvalue weighted by Gasteiger charge is 2.30. The molecule has 0 spiro atoms. The van der Waals surface area contributed by atoms with Gasteiger partial charge in [0, 0.05) is 31.7 Å². The molecule has 1 N–H and O–H groups in total. The second kappa shape index (κ2) is 6.94. The Kier molecular flexibility index (Phi) is 5.21. The molecule has 22 heavy (non-hydrogen) atoms. The van der Waals surface area contributed by atoms with Crippen LogP contribution in [0.1, 0.15) is 69.3 Å².